The molecule has 0 saturated carbocycles. The van der Waals surface area contributed by atoms with Crippen molar-refractivity contribution in [2.45, 2.75) is 0 Å². The molecule has 0 aliphatic rings. The predicted molar refractivity (Wildman–Crippen MR) is 65.5 cm³/mol. The lowest BCUT2D eigenvalue weighted by atomic mass is 10.3. The van der Waals surface area contributed by atoms with Crippen molar-refractivity contribution in [3.8, 4) is 0 Å². The van der Waals surface area contributed by atoms with Crippen LogP contribution in [-0.2, 0) is 0 Å². The number of anilines is 2. The summed E-state index contributed by atoms with van der Waals surface area (Å²) < 4.78 is 26.0. The summed E-state index contributed by atoms with van der Waals surface area (Å²) in [4.78, 5) is 13.8. The quantitative estimate of drug-likeness (QED) is 0.531. The molecule has 8 heteroatoms. The Bertz CT molecular complexity index is 632. The highest BCUT2D eigenvalue weighted by Crippen LogP contribution is 2.27. The molecule has 0 bridgehead atoms. The Balaban J connectivity index is 2.42. The van der Waals surface area contributed by atoms with Crippen LogP contribution in [0.2, 0.25) is 5.15 Å². The Kier molecular flexibility index (Phi) is 3.57. The van der Waals surface area contributed by atoms with Gasteiger partial charge in [-0.15, -0.1) is 0 Å². The van der Waals surface area contributed by atoms with Crippen molar-refractivity contribution in [2.24, 2.45) is 0 Å². The molecule has 0 atom stereocenters. The summed E-state index contributed by atoms with van der Waals surface area (Å²) >= 11 is 5.63. The number of nitro groups is 1. The van der Waals surface area contributed by atoms with Crippen molar-refractivity contribution in [1.82, 2.24) is 4.98 Å². The first-order valence-electron chi connectivity index (χ1n) is 5.00. The van der Waals surface area contributed by atoms with Crippen molar-refractivity contribution in [3.05, 3.63) is 57.2 Å². The van der Waals surface area contributed by atoms with Crippen molar-refractivity contribution in [1.29, 1.82) is 0 Å². The topological polar surface area (TPSA) is 68.1 Å². The SMILES string of the molecule is O=[N+]([O-])c1ccc(Cl)nc1Nc1cc(F)cc(F)c1. The minimum Gasteiger partial charge on any atom is -0.334 e. The van der Waals surface area contributed by atoms with Gasteiger partial charge in [-0.2, -0.15) is 0 Å². The molecule has 2 rings (SSSR count). The van der Waals surface area contributed by atoms with Gasteiger partial charge >= 0.3 is 5.69 Å². The molecule has 0 aliphatic heterocycles. The number of benzene rings is 1. The second-order valence-electron chi connectivity index (χ2n) is 3.54. The maximum atomic E-state index is 13.0. The highest BCUT2D eigenvalue weighted by molar-refractivity contribution is 6.29. The Morgan fingerprint density at radius 3 is 2.42 bits per heavy atom. The number of rotatable bonds is 3. The van der Waals surface area contributed by atoms with E-state index in [0.717, 1.165) is 18.2 Å². The molecule has 0 aliphatic carbocycles. The van der Waals surface area contributed by atoms with Gasteiger partial charge in [-0.3, -0.25) is 10.1 Å². The summed E-state index contributed by atoms with van der Waals surface area (Å²) in [6.45, 7) is 0. The highest BCUT2D eigenvalue weighted by atomic mass is 35.5. The predicted octanol–water partition coefficient (Wildman–Crippen LogP) is 3.67. The van der Waals surface area contributed by atoms with Crippen LogP contribution in [0.3, 0.4) is 0 Å². The summed E-state index contributed by atoms with van der Waals surface area (Å²) in [7, 11) is 0. The smallest absolute Gasteiger partial charge is 0.311 e. The van der Waals surface area contributed by atoms with Gasteiger partial charge in [0.05, 0.1) is 4.92 Å². The lowest BCUT2D eigenvalue weighted by Gasteiger charge is -2.06. The van der Waals surface area contributed by atoms with E-state index >= 15 is 0 Å². The lowest BCUT2D eigenvalue weighted by Crippen LogP contribution is -2.00. The second kappa shape index (κ2) is 5.15. The molecule has 1 heterocycles. The van der Waals surface area contributed by atoms with Gasteiger partial charge in [0.15, 0.2) is 0 Å². The maximum Gasteiger partial charge on any atom is 0.311 e. The van der Waals surface area contributed by atoms with Crippen molar-refractivity contribution >= 4 is 28.8 Å². The van der Waals surface area contributed by atoms with Crippen LogP contribution in [0.15, 0.2) is 30.3 Å². The van der Waals surface area contributed by atoms with Crippen LogP contribution in [-0.4, -0.2) is 9.91 Å². The third-order valence-electron chi connectivity index (χ3n) is 2.16. The fourth-order valence-corrected chi connectivity index (χ4v) is 1.58. The van der Waals surface area contributed by atoms with Crippen LogP contribution in [0.25, 0.3) is 0 Å². The number of pyridine rings is 1. The molecule has 0 saturated heterocycles. The summed E-state index contributed by atoms with van der Waals surface area (Å²) in [5.74, 6) is -1.82. The standard InChI is InChI=1S/C11H6ClF2N3O2/c12-10-2-1-9(17(18)19)11(16-10)15-8-4-6(13)3-7(14)5-8/h1-5H,(H,15,16). The van der Waals surface area contributed by atoms with E-state index in [0.29, 0.717) is 6.07 Å². The molecule has 1 aromatic heterocycles. The molecule has 1 aromatic carbocycles. The lowest BCUT2D eigenvalue weighted by molar-refractivity contribution is -0.384. The molecule has 0 radical (unpaired) electrons. The van der Waals surface area contributed by atoms with E-state index in [-0.39, 0.29) is 22.3 Å². The Hall–Kier alpha value is -2.28. The molecule has 0 spiro atoms. The number of nitrogens with zero attached hydrogens (tertiary/aromatic N) is 2. The first-order chi connectivity index (χ1) is 8.95. The van der Waals surface area contributed by atoms with Crippen LogP contribution < -0.4 is 5.32 Å². The third-order valence-corrected chi connectivity index (χ3v) is 2.37. The minimum absolute atomic E-state index is 0.00429. The van der Waals surface area contributed by atoms with E-state index in [1.807, 2.05) is 0 Å². The normalized spacial score (nSPS) is 10.3. The largest absolute Gasteiger partial charge is 0.334 e. The van der Waals surface area contributed by atoms with E-state index in [4.69, 9.17) is 11.6 Å². The first kappa shape index (κ1) is 13.2. The van der Waals surface area contributed by atoms with Crippen LogP contribution in [0.5, 0.6) is 0 Å². The molecule has 98 valence electrons. The van der Waals surface area contributed by atoms with Gasteiger partial charge in [-0.05, 0) is 18.2 Å². The van der Waals surface area contributed by atoms with E-state index in [2.05, 4.69) is 10.3 Å². The average molecular weight is 286 g/mol. The number of nitrogens with one attached hydrogen (secondary N) is 1. The Morgan fingerprint density at radius 2 is 1.84 bits per heavy atom. The zero-order valence-electron chi connectivity index (χ0n) is 9.23. The van der Waals surface area contributed by atoms with E-state index < -0.39 is 16.6 Å². The first-order valence-corrected chi connectivity index (χ1v) is 5.37. The molecule has 19 heavy (non-hydrogen) atoms. The fraction of sp³-hybridized carbons (Fsp3) is 0. The highest BCUT2D eigenvalue weighted by Gasteiger charge is 2.16. The van der Waals surface area contributed by atoms with Gasteiger partial charge < -0.3 is 5.32 Å². The molecule has 1 N–H and O–H groups in total. The van der Waals surface area contributed by atoms with Crippen molar-refractivity contribution in [3.63, 3.8) is 0 Å². The molecule has 5 nitrogen and oxygen atoms in total. The number of hydrogen-bond donors (Lipinski definition) is 1. The monoisotopic (exact) mass is 285 g/mol. The summed E-state index contributed by atoms with van der Waals surface area (Å²) in [5, 5.41) is 13.3. The molecular weight excluding hydrogens is 280 g/mol. The molecule has 0 amide bonds. The van der Waals surface area contributed by atoms with Crippen molar-refractivity contribution < 1.29 is 13.7 Å². The van der Waals surface area contributed by atoms with Crippen LogP contribution in [0.4, 0.5) is 26.0 Å². The van der Waals surface area contributed by atoms with Crippen molar-refractivity contribution in [2.75, 3.05) is 5.32 Å². The number of halogens is 3. The van der Waals surface area contributed by atoms with Gasteiger partial charge in [0.2, 0.25) is 5.82 Å². The summed E-state index contributed by atoms with van der Waals surface area (Å²) in [6.07, 6.45) is 0. The maximum absolute atomic E-state index is 13.0. The van der Waals surface area contributed by atoms with Gasteiger partial charge in [-0.1, -0.05) is 11.6 Å². The fourth-order valence-electron chi connectivity index (χ4n) is 1.43. The summed E-state index contributed by atoms with van der Waals surface area (Å²) in [6, 6.07) is 5.04. The second-order valence-corrected chi connectivity index (χ2v) is 3.93. The Labute approximate surface area is 111 Å². The van der Waals surface area contributed by atoms with E-state index in [1.165, 1.54) is 6.07 Å². The Morgan fingerprint density at radius 1 is 1.21 bits per heavy atom. The zero-order chi connectivity index (χ0) is 14.0. The molecular formula is C11H6ClF2N3O2. The average Bonchev–Trinajstić information content (AvgIpc) is 2.26. The number of hydrogen-bond acceptors (Lipinski definition) is 4. The minimum atomic E-state index is -0.813. The molecule has 0 unspecified atom stereocenters. The molecule has 2 aromatic rings. The van der Waals surface area contributed by atoms with Crippen LogP contribution >= 0.6 is 11.6 Å². The molecule has 0 fully saturated rings. The van der Waals surface area contributed by atoms with E-state index in [1.54, 1.807) is 0 Å². The van der Waals surface area contributed by atoms with E-state index in [9.17, 15) is 18.9 Å². The van der Waals surface area contributed by atoms with Crippen LogP contribution in [0.1, 0.15) is 0 Å². The van der Waals surface area contributed by atoms with Crippen LogP contribution in [0, 0.1) is 21.7 Å². The van der Waals surface area contributed by atoms with Gasteiger partial charge in [0.1, 0.15) is 16.8 Å². The van der Waals surface area contributed by atoms with Gasteiger partial charge in [-0.25, -0.2) is 13.8 Å². The van der Waals surface area contributed by atoms with Gasteiger partial charge in [0, 0.05) is 17.8 Å². The third kappa shape index (κ3) is 3.14. The zero-order valence-corrected chi connectivity index (χ0v) is 9.99. The number of aromatic nitrogens is 1. The van der Waals surface area contributed by atoms with Gasteiger partial charge in [0.25, 0.3) is 0 Å². The summed E-state index contributed by atoms with van der Waals surface area (Å²) in [5.41, 5.74) is -0.357.